The minimum absolute atomic E-state index is 0.201. The highest BCUT2D eigenvalue weighted by molar-refractivity contribution is 5.74. The number of nitrogens with one attached hydrogen (secondary N) is 1. The van der Waals surface area contributed by atoms with Gasteiger partial charge in [0.05, 0.1) is 11.0 Å². The number of rotatable bonds is 2. The minimum Gasteiger partial charge on any atom is -0.340 e. The summed E-state index contributed by atoms with van der Waals surface area (Å²) in [6.07, 6.45) is -0.201. The van der Waals surface area contributed by atoms with Crippen LogP contribution in [0.25, 0.3) is 11.0 Å². The Morgan fingerprint density at radius 1 is 1.46 bits per heavy atom. The van der Waals surface area contributed by atoms with Gasteiger partial charge in [-0.3, -0.25) is 4.84 Å². The molecule has 0 aliphatic heterocycles. The molecule has 0 fully saturated rings. The molecule has 4 heteroatoms. The summed E-state index contributed by atoms with van der Waals surface area (Å²) in [5.74, 6) is 5.82. The average Bonchev–Trinajstić information content (AvgIpc) is 2.59. The fourth-order valence-electron chi connectivity index (χ4n) is 1.23. The number of aromatic amines is 1. The van der Waals surface area contributed by atoms with Crippen LogP contribution in [0.3, 0.4) is 0 Å². The minimum atomic E-state index is -0.201. The van der Waals surface area contributed by atoms with Crippen LogP contribution in [0.4, 0.5) is 0 Å². The average molecular weight is 177 g/mol. The molecule has 1 unspecified atom stereocenters. The molecular weight excluding hydrogens is 166 g/mol. The Morgan fingerprint density at radius 3 is 2.92 bits per heavy atom. The maximum atomic E-state index is 5.07. The fourth-order valence-corrected chi connectivity index (χ4v) is 1.23. The largest absolute Gasteiger partial charge is 0.340 e. The van der Waals surface area contributed by atoms with Crippen molar-refractivity contribution in [3.8, 4) is 0 Å². The lowest BCUT2D eigenvalue weighted by Crippen LogP contribution is -2.06. The number of hydrogen-bond donors (Lipinski definition) is 2. The summed E-state index contributed by atoms with van der Waals surface area (Å²) in [5, 5.41) is 0. The van der Waals surface area contributed by atoms with Crippen molar-refractivity contribution in [1.82, 2.24) is 9.97 Å². The molecule has 0 aliphatic rings. The fraction of sp³-hybridized carbons (Fsp3) is 0.222. The lowest BCUT2D eigenvalue weighted by molar-refractivity contribution is 0.0610. The Hall–Kier alpha value is -1.39. The molecule has 1 heterocycles. The predicted octanol–water partition coefficient (Wildman–Crippen LogP) is 1.51. The Labute approximate surface area is 75.7 Å². The number of hydrogen-bond acceptors (Lipinski definition) is 3. The van der Waals surface area contributed by atoms with Crippen LogP contribution in [0.1, 0.15) is 18.9 Å². The first-order valence-corrected chi connectivity index (χ1v) is 4.11. The summed E-state index contributed by atoms with van der Waals surface area (Å²) < 4.78 is 0. The summed E-state index contributed by atoms with van der Waals surface area (Å²) >= 11 is 0. The van der Waals surface area contributed by atoms with Gasteiger partial charge in [0.1, 0.15) is 11.9 Å². The van der Waals surface area contributed by atoms with Crippen molar-refractivity contribution in [1.29, 1.82) is 0 Å². The highest BCUT2D eigenvalue weighted by Gasteiger charge is 2.08. The molecule has 2 rings (SSSR count). The summed E-state index contributed by atoms with van der Waals surface area (Å²) in [4.78, 5) is 12.1. The molecule has 2 aromatic rings. The van der Waals surface area contributed by atoms with Gasteiger partial charge in [-0.25, -0.2) is 10.9 Å². The molecule has 4 nitrogen and oxygen atoms in total. The molecule has 0 amide bonds. The van der Waals surface area contributed by atoms with Crippen molar-refractivity contribution in [2.24, 2.45) is 5.90 Å². The zero-order valence-corrected chi connectivity index (χ0v) is 7.32. The maximum Gasteiger partial charge on any atom is 0.138 e. The van der Waals surface area contributed by atoms with Crippen molar-refractivity contribution in [2.45, 2.75) is 13.0 Å². The number of H-pyrrole nitrogens is 1. The van der Waals surface area contributed by atoms with E-state index < -0.39 is 0 Å². The topological polar surface area (TPSA) is 63.9 Å². The van der Waals surface area contributed by atoms with Gasteiger partial charge in [-0.05, 0) is 19.1 Å². The summed E-state index contributed by atoms with van der Waals surface area (Å²) in [6, 6.07) is 7.81. The van der Waals surface area contributed by atoms with Crippen molar-refractivity contribution in [3.05, 3.63) is 30.1 Å². The monoisotopic (exact) mass is 177 g/mol. The number of fused-ring (bicyclic) bond motifs is 1. The molecular formula is C9H11N3O. The number of nitrogens with zero attached hydrogens (tertiary/aromatic N) is 1. The second kappa shape index (κ2) is 3.16. The van der Waals surface area contributed by atoms with Crippen LogP contribution in [0.2, 0.25) is 0 Å². The highest BCUT2D eigenvalue weighted by Crippen LogP contribution is 2.16. The zero-order valence-electron chi connectivity index (χ0n) is 7.32. The van der Waals surface area contributed by atoms with Gasteiger partial charge in [0, 0.05) is 0 Å². The third-order valence-electron chi connectivity index (χ3n) is 2.00. The van der Waals surface area contributed by atoms with Gasteiger partial charge >= 0.3 is 0 Å². The predicted molar refractivity (Wildman–Crippen MR) is 49.8 cm³/mol. The molecule has 0 aliphatic carbocycles. The molecule has 0 saturated carbocycles. The normalized spacial score (nSPS) is 13.4. The van der Waals surface area contributed by atoms with Gasteiger partial charge in [0.15, 0.2) is 0 Å². The SMILES string of the molecule is CC(ON)c1nc2ccccc2[nH]1. The van der Waals surface area contributed by atoms with E-state index in [0.717, 1.165) is 16.9 Å². The van der Waals surface area contributed by atoms with Gasteiger partial charge in [-0.2, -0.15) is 0 Å². The standard InChI is InChI=1S/C9H11N3O/c1-6(13-10)9-11-7-4-2-3-5-8(7)12-9/h2-6H,10H2,1H3,(H,11,12). The van der Waals surface area contributed by atoms with Gasteiger partial charge in [0.2, 0.25) is 0 Å². The first-order valence-electron chi connectivity index (χ1n) is 4.11. The number of imidazole rings is 1. The van der Waals surface area contributed by atoms with E-state index in [4.69, 9.17) is 5.90 Å². The quantitative estimate of drug-likeness (QED) is 0.683. The van der Waals surface area contributed by atoms with Crippen LogP contribution < -0.4 is 5.90 Å². The summed E-state index contributed by atoms with van der Waals surface area (Å²) in [7, 11) is 0. The van der Waals surface area contributed by atoms with Crippen molar-refractivity contribution < 1.29 is 4.84 Å². The van der Waals surface area contributed by atoms with Gasteiger partial charge < -0.3 is 4.98 Å². The van der Waals surface area contributed by atoms with Gasteiger partial charge in [-0.15, -0.1) is 0 Å². The summed E-state index contributed by atoms with van der Waals surface area (Å²) in [5.41, 5.74) is 1.93. The second-order valence-corrected chi connectivity index (χ2v) is 2.92. The lowest BCUT2D eigenvalue weighted by atomic mass is 10.3. The van der Waals surface area contributed by atoms with E-state index in [1.165, 1.54) is 0 Å². The Kier molecular flexibility index (Phi) is 2.00. The summed E-state index contributed by atoms with van der Waals surface area (Å²) in [6.45, 7) is 1.84. The van der Waals surface area contributed by atoms with Gasteiger partial charge in [-0.1, -0.05) is 12.1 Å². The number of aromatic nitrogens is 2. The van der Waals surface area contributed by atoms with Crippen LogP contribution in [0, 0.1) is 0 Å². The first kappa shape index (κ1) is 8.22. The molecule has 0 bridgehead atoms. The van der Waals surface area contributed by atoms with Gasteiger partial charge in [0.25, 0.3) is 0 Å². The molecule has 1 atom stereocenters. The van der Waals surface area contributed by atoms with E-state index in [1.807, 2.05) is 31.2 Å². The molecule has 1 aromatic carbocycles. The zero-order chi connectivity index (χ0) is 9.26. The van der Waals surface area contributed by atoms with Crippen LogP contribution in [-0.2, 0) is 4.84 Å². The van der Waals surface area contributed by atoms with E-state index in [-0.39, 0.29) is 6.10 Å². The van der Waals surface area contributed by atoms with Crippen LogP contribution in [-0.4, -0.2) is 9.97 Å². The smallest absolute Gasteiger partial charge is 0.138 e. The van der Waals surface area contributed by atoms with Crippen molar-refractivity contribution >= 4 is 11.0 Å². The molecule has 1 aromatic heterocycles. The van der Waals surface area contributed by atoms with Crippen LogP contribution in [0.15, 0.2) is 24.3 Å². The third kappa shape index (κ3) is 1.41. The van der Waals surface area contributed by atoms with E-state index in [9.17, 15) is 0 Å². The number of para-hydroxylation sites is 2. The Bertz CT molecular complexity index is 377. The molecule has 0 radical (unpaired) electrons. The second-order valence-electron chi connectivity index (χ2n) is 2.92. The highest BCUT2D eigenvalue weighted by atomic mass is 16.6. The van der Waals surface area contributed by atoms with Crippen molar-refractivity contribution in [2.75, 3.05) is 0 Å². The van der Waals surface area contributed by atoms with Crippen LogP contribution in [0.5, 0.6) is 0 Å². The number of benzene rings is 1. The van der Waals surface area contributed by atoms with E-state index >= 15 is 0 Å². The maximum absolute atomic E-state index is 5.07. The molecule has 0 saturated heterocycles. The lowest BCUT2D eigenvalue weighted by Gasteiger charge is -2.02. The molecule has 13 heavy (non-hydrogen) atoms. The first-order chi connectivity index (χ1) is 6.31. The Morgan fingerprint density at radius 2 is 2.23 bits per heavy atom. The molecule has 68 valence electrons. The van der Waals surface area contributed by atoms with Crippen molar-refractivity contribution in [3.63, 3.8) is 0 Å². The molecule has 3 N–H and O–H groups in total. The Balaban J connectivity index is 2.49. The number of nitrogens with two attached hydrogens (primary N) is 1. The molecule has 0 spiro atoms. The van der Waals surface area contributed by atoms with E-state index in [2.05, 4.69) is 14.8 Å². The van der Waals surface area contributed by atoms with Crippen LogP contribution >= 0.6 is 0 Å². The van der Waals surface area contributed by atoms with E-state index in [1.54, 1.807) is 0 Å². The third-order valence-corrected chi connectivity index (χ3v) is 2.00. The van der Waals surface area contributed by atoms with E-state index in [0.29, 0.717) is 0 Å².